The van der Waals surface area contributed by atoms with Gasteiger partial charge in [-0.2, -0.15) is 0 Å². The number of hydrogen-bond acceptors (Lipinski definition) is 5. The molecule has 0 saturated carbocycles. The van der Waals surface area contributed by atoms with Crippen LogP contribution in [-0.4, -0.2) is 30.8 Å². The molecule has 0 aliphatic rings. The van der Waals surface area contributed by atoms with E-state index in [2.05, 4.69) is 30.2 Å². The summed E-state index contributed by atoms with van der Waals surface area (Å²) >= 11 is 12.2. The highest BCUT2D eigenvalue weighted by Gasteiger charge is 2.11. The van der Waals surface area contributed by atoms with Gasteiger partial charge >= 0.3 is 0 Å². The summed E-state index contributed by atoms with van der Waals surface area (Å²) in [5, 5.41) is 5.83. The number of halogens is 2. The van der Waals surface area contributed by atoms with Gasteiger partial charge in [-0.15, -0.1) is 0 Å². The van der Waals surface area contributed by atoms with Gasteiger partial charge in [0.1, 0.15) is 5.65 Å². The van der Waals surface area contributed by atoms with Crippen molar-refractivity contribution in [3.8, 4) is 0 Å². The molecule has 2 N–H and O–H groups in total. The third-order valence-corrected chi connectivity index (χ3v) is 5.54. The lowest BCUT2D eigenvalue weighted by atomic mass is 10.1. The molecule has 9 heteroatoms. The Bertz CT molecular complexity index is 1470. The predicted octanol–water partition coefficient (Wildman–Crippen LogP) is 4.73. The molecule has 32 heavy (non-hydrogen) atoms. The quantitative estimate of drug-likeness (QED) is 0.393. The van der Waals surface area contributed by atoms with E-state index in [1.54, 1.807) is 30.9 Å². The van der Waals surface area contributed by atoms with Gasteiger partial charge in [0.2, 0.25) is 5.82 Å². The molecule has 4 heterocycles. The van der Waals surface area contributed by atoms with Crippen LogP contribution in [0.1, 0.15) is 27.4 Å². The summed E-state index contributed by atoms with van der Waals surface area (Å²) in [6, 6.07) is 11.3. The number of aromatic amines is 1. The van der Waals surface area contributed by atoms with Gasteiger partial charge < -0.3 is 10.3 Å². The molecule has 158 valence electrons. The molecule has 0 radical (unpaired) electrons. The minimum absolute atomic E-state index is 0.105. The first kappa shape index (κ1) is 20.4. The summed E-state index contributed by atoms with van der Waals surface area (Å²) in [6.07, 6.45) is 7.26. The second kappa shape index (κ2) is 8.53. The predicted molar refractivity (Wildman–Crippen MR) is 124 cm³/mol. The van der Waals surface area contributed by atoms with Crippen LogP contribution in [0.3, 0.4) is 0 Å². The van der Waals surface area contributed by atoms with E-state index in [4.69, 9.17) is 23.2 Å². The van der Waals surface area contributed by atoms with E-state index in [-0.39, 0.29) is 18.3 Å². The molecule has 0 bridgehead atoms. The second-order valence-corrected chi connectivity index (χ2v) is 8.13. The number of benzene rings is 1. The van der Waals surface area contributed by atoms with Crippen LogP contribution in [0.5, 0.6) is 0 Å². The van der Waals surface area contributed by atoms with Crippen molar-refractivity contribution in [2.24, 2.45) is 0 Å². The number of carbonyl (C=O) groups is 1. The van der Waals surface area contributed by atoms with Gasteiger partial charge in [0.25, 0.3) is 5.91 Å². The Morgan fingerprint density at radius 3 is 2.78 bits per heavy atom. The number of carbonyl (C=O) groups excluding carboxylic acids is 1. The SMILES string of the molecule is O=C(NCc1cnc2[nH]cc(Cl)c2c1)c1nccc(Cc2cnc3ccc(Cl)cc3c2)n1. The molecule has 0 spiro atoms. The number of aromatic nitrogens is 5. The number of rotatable bonds is 5. The Labute approximate surface area is 192 Å². The van der Waals surface area contributed by atoms with Crippen LogP contribution in [0.25, 0.3) is 21.9 Å². The van der Waals surface area contributed by atoms with E-state index < -0.39 is 0 Å². The highest BCUT2D eigenvalue weighted by atomic mass is 35.5. The van der Waals surface area contributed by atoms with Gasteiger partial charge in [-0.05, 0) is 47.5 Å². The number of nitrogens with zero attached hydrogens (tertiary/aromatic N) is 4. The minimum atomic E-state index is -0.365. The Morgan fingerprint density at radius 2 is 1.88 bits per heavy atom. The van der Waals surface area contributed by atoms with Gasteiger partial charge in [0, 0.05) is 59.2 Å². The maximum atomic E-state index is 12.6. The Hall–Kier alpha value is -3.55. The van der Waals surface area contributed by atoms with Crippen LogP contribution in [0, 0.1) is 0 Å². The van der Waals surface area contributed by atoms with Crippen LogP contribution in [0.2, 0.25) is 10.0 Å². The lowest BCUT2D eigenvalue weighted by Gasteiger charge is -2.07. The molecule has 1 amide bonds. The molecule has 0 aliphatic carbocycles. The van der Waals surface area contributed by atoms with Crippen molar-refractivity contribution in [2.75, 3.05) is 0 Å². The van der Waals surface area contributed by atoms with E-state index in [9.17, 15) is 4.79 Å². The molecular weight excluding hydrogens is 447 g/mol. The summed E-state index contributed by atoms with van der Waals surface area (Å²) in [4.78, 5) is 32.9. The van der Waals surface area contributed by atoms with Crippen LogP contribution in [0.4, 0.5) is 0 Å². The molecule has 7 nitrogen and oxygen atoms in total. The zero-order valence-corrected chi connectivity index (χ0v) is 18.2. The summed E-state index contributed by atoms with van der Waals surface area (Å²) in [5.41, 5.74) is 4.08. The van der Waals surface area contributed by atoms with Crippen molar-refractivity contribution in [2.45, 2.75) is 13.0 Å². The second-order valence-electron chi connectivity index (χ2n) is 7.29. The van der Waals surface area contributed by atoms with Crippen molar-refractivity contribution in [1.29, 1.82) is 0 Å². The third-order valence-electron chi connectivity index (χ3n) is 4.99. The first-order chi connectivity index (χ1) is 15.5. The number of nitrogens with one attached hydrogen (secondary N) is 2. The van der Waals surface area contributed by atoms with E-state index in [1.165, 1.54) is 0 Å². The Morgan fingerprint density at radius 1 is 1.00 bits per heavy atom. The van der Waals surface area contributed by atoms with Gasteiger partial charge in [0.05, 0.1) is 10.5 Å². The Kier molecular flexibility index (Phi) is 5.43. The normalized spacial score (nSPS) is 11.2. The smallest absolute Gasteiger partial charge is 0.289 e. The first-order valence-corrected chi connectivity index (χ1v) is 10.6. The van der Waals surface area contributed by atoms with Crippen molar-refractivity contribution in [3.63, 3.8) is 0 Å². The van der Waals surface area contributed by atoms with Crippen LogP contribution in [-0.2, 0) is 13.0 Å². The lowest BCUT2D eigenvalue weighted by Crippen LogP contribution is -2.25. The van der Waals surface area contributed by atoms with E-state index in [0.29, 0.717) is 22.1 Å². The average molecular weight is 463 g/mol. The van der Waals surface area contributed by atoms with E-state index in [1.807, 2.05) is 30.3 Å². The molecule has 0 saturated heterocycles. The highest BCUT2D eigenvalue weighted by Crippen LogP contribution is 2.22. The number of H-pyrrole nitrogens is 1. The fourth-order valence-electron chi connectivity index (χ4n) is 3.43. The maximum absolute atomic E-state index is 12.6. The van der Waals surface area contributed by atoms with E-state index in [0.717, 1.165) is 33.1 Å². The molecule has 0 fully saturated rings. The molecule has 5 aromatic rings. The number of amides is 1. The summed E-state index contributed by atoms with van der Waals surface area (Å²) in [5.74, 6) is -0.261. The average Bonchev–Trinajstić information content (AvgIpc) is 3.17. The third kappa shape index (κ3) is 4.26. The van der Waals surface area contributed by atoms with E-state index >= 15 is 0 Å². The maximum Gasteiger partial charge on any atom is 0.289 e. The van der Waals surface area contributed by atoms with Crippen molar-refractivity contribution in [3.05, 3.63) is 93.9 Å². The summed E-state index contributed by atoms with van der Waals surface area (Å²) in [6.45, 7) is 0.284. The number of pyridine rings is 2. The number of fused-ring (bicyclic) bond motifs is 2. The van der Waals surface area contributed by atoms with Gasteiger partial charge in [-0.3, -0.25) is 9.78 Å². The fourth-order valence-corrected chi connectivity index (χ4v) is 3.81. The van der Waals surface area contributed by atoms with Gasteiger partial charge in [-0.1, -0.05) is 23.2 Å². The van der Waals surface area contributed by atoms with Crippen molar-refractivity contribution >= 4 is 51.0 Å². The molecule has 5 rings (SSSR count). The topological polar surface area (TPSA) is 96.5 Å². The minimum Gasteiger partial charge on any atom is -0.345 e. The standard InChI is InChI=1S/C23H16Cl2N6O/c24-16-1-2-20-15(8-16)5-13(9-27-20)6-17-3-4-26-22(31-17)23(32)30-11-14-7-18-19(25)12-29-21(18)28-10-14/h1-5,7-10,12H,6,11H2,(H,28,29)(H,30,32). The first-order valence-electron chi connectivity index (χ1n) is 9.81. The zero-order chi connectivity index (χ0) is 22.1. The van der Waals surface area contributed by atoms with Crippen molar-refractivity contribution in [1.82, 2.24) is 30.2 Å². The van der Waals surface area contributed by atoms with Gasteiger partial charge in [-0.25, -0.2) is 15.0 Å². The lowest BCUT2D eigenvalue weighted by molar-refractivity contribution is 0.0940. The summed E-state index contributed by atoms with van der Waals surface area (Å²) < 4.78 is 0. The van der Waals surface area contributed by atoms with Crippen LogP contribution < -0.4 is 5.32 Å². The molecular formula is C23H16Cl2N6O. The summed E-state index contributed by atoms with van der Waals surface area (Å²) in [7, 11) is 0. The monoisotopic (exact) mass is 462 g/mol. The molecule has 4 aromatic heterocycles. The molecule has 0 atom stereocenters. The van der Waals surface area contributed by atoms with Gasteiger partial charge in [0.15, 0.2) is 0 Å². The fraction of sp³-hybridized carbons (Fsp3) is 0.0870. The van der Waals surface area contributed by atoms with Crippen molar-refractivity contribution < 1.29 is 4.79 Å². The number of hydrogen-bond donors (Lipinski definition) is 2. The van der Waals surface area contributed by atoms with Crippen LogP contribution >= 0.6 is 23.2 Å². The highest BCUT2D eigenvalue weighted by molar-refractivity contribution is 6.35. The molecule has 0 aliphatic heterocycles. The Balaban J connectivity index is 1.29. The zero-order valence-electron chi connectivity index (χ0n) is 16.6. The largest absolute Gasteiger partial charge is 0.345 e. The molecule has 1 aromatic carbocycles. The molecule has 0 unspecified atom stereocenters. The van der Waals surface area contributed by atoms with Crippen LogP contribution in [0.15, 0.2) is 61.2 Å².